The van der Waals surface area contributed by atoms with E-state index in [1.807, 2.05) is 6.20 Å². The van der Waals surface area contributed by atoms with E-state index in [0.29, 0.717) is 12.6 Å². The molecule has 0 bridgehead atoms. The van der Waals surface area contributed by atoms with E-state index in [4.69, 9.17) is 5.11 Å². The van der Waals surface area contributed by atoms with E-state index in [1.165, 1.54) is 24.1 Å². The fourth-order valence-corrected chi connectivity index (χ4v) is 2.84. The summed E-state index contributed by atoms with van der Waals surface area (Å²) in [5.74, 6) is 0. The van der Waals surface area contributed by atoms with Gasteiger partial charge in [-0.25, -0.2) is 0 Å². The van der Waals surface area contributed by atoms with Crippen LogP contribution >= 0.6 is 0 Å². The average Bonchev–Trinajstić information content (AvgIpc) is 2.48. The Morgan fingerprint density at radius 1 is 1.35 bits per heavy atom. The summed E-state index contributed by atoms with van der Waals surface area (Å²) >= 11 is 0. The lowest BCUT2D eigenvalue weighted by Crippen LogP contribution is -2.43. The van der Waals surface area contributed by atoms with E-state index in [2.05, 4.69) is 40.9 Å². The highest BCUT2D eigenvalue weighted by molar-refractivity contribution is 5.12. The number of piperidine rings is 1. The fourth-order valence-electron chi connectivity index (χ4n) is 2.84. The molecule has 2 heterocycles. The van der Waals surface area contributed by atoms with E-state index >= 15 is 0 Å². The van der Waals surface area contributed by atoms with Crippen molar-refractivity contribution in [2.24, 2.45) is 0 Å². The molecule has 20 heavy (non-hydrogen) atoms. The van der Waals surface area contributed by atoms with Crippen LogP contribution in [0.2, 0.25) is 0 Å². The predicted octanol–water partition coefficient (Wildman–Crippen LogP) is 1.67. The highest BCUT2D eigenvalue weighted by Crippen LogP contribution is 2.17. The molecule has 0 atom stereocenters. The van der Waals surface area contributed by atoms with Crippen molar-refractivity contribution in [1.82, 2.24) is 14.8 Å². The number of aliphatic hydroxyl groups excluding tert-OH is 1. The van der Waals surface area contributed by atoms with E-state index in [0.717, 1.165) is 32.6 Å². The quantitative estimate of drug-likeness (QED) is 0.858. The second-order valence-electron chi connectivity index (χ2n) is 5.89. The molecule has 0 aliphatic carbocycles. The van der Waals surface area contributed by atoms with Gasteiger partial charge in [0.1, 0.15) is 0 Å². The summed E-state index contributed by atoms with van der Waals surface area (Å²) in [4.78, 5) is 9.38. The van der Waals surface area contributed by atoms with Gasteiger partial charge in [-0.2, -0.15) is 0 Å². The van der Waals surface area contributed by atoms with Gasteiger partial charge in [-0.05, 0) is 44.9 Å². The molecule has 1 saturated heterocycles. The first-order valence-electron chi connectivity index (χ1n) is 7.64. The van der Waals surface area contributed by atoms with Gasteiger partial charge < -0.3 is 10.0 Å². The normalized spacial score (nSPS) is 17.8. The number of aryl methyl sites for hydroxylation is 1. The number of hydrogen-bond acceptors (Lipinski definition) is 4. The Morgan fingerprint density at radius 3 is 2.70 bits per heavy atom. The molecule has 0 amide bonds. The Balaban J connectivity index is 1.75. The van der Waals surface area contributed by atoms with Crippen molar-refractivity contribution in [2.75, 3.05) is 33.3 Å². The van der Waals surface area contributed by atoms with Crippen LogP contribution in [-0.4, -0.2) is 59.2 Å². The second kappa shape index (κ2) is 7.72. The Morgan fingerprint density at radius 2 is 2.10 bits per heavy atom. The van der Waals surface area contributed by atoms with Crippen molar-refractivity contribution in [2.45, 2.75) is 38.8 Å². The minimum Gasteiger partial charge on any atom is -0.396 e. The zero-order valence-electron chi connectivity index (χ0n) is 12.8. The van der Waals surface area contributed by atoms with Crippen LogP contribution in [0.1, 0.15) is 30.5 Å². The molecule has 1 N–H and O–H groups in total. The number of pyridine rings is 1. The molecule has 4 nitrogen and oxygen atoms in total. The van der Waals surface area contributed by atoms with Crippen LogP contribution in [0.15, 0.2) is 18.3 Å². The minimum absolute atomic E-state index is 0.294. The van der Waals surface area contributed by atoms with Gasteiger partial charge in [0.05, 0.1) is 5.69 Å². The van der Waals surface area contributed by atoms with Gasteiger partial charge in [0, 0.05) is 45.0 Å². The van der Waals surface area contributed by atoms with Crippen LogP contribution in [0, 0.1) is 6.92 Å². The Hall–Kier alpha value is -0.970. The first-order chi connectivity index (χ1) is 9.69. The zero-order chi connectivity index (χ0) is 14.4. The highest BCUT2D eigenvalue weighted by Gasteiger charge is 2.22. The molecule has 4 heteroatoms. The molecule has 0 spiro atoms. The summed E-state index contributed by atoms with van der Waals surface area (Å²) in [5, 5.41) is 8.90. The van der Waals surface area contributed by atoms with Gasteiger partial charge in [-0.1, -0.05) is 6.07 Å². The van der Waals surface area contributed by atoms with Crippen LogP contribution in [0.4, 0.5) is 0 Å². The first-order valence-corrected chi connectivity index (χ1v) is 7.64. The predicted molar refractivity (Wildman–Crippen MR) is 81.6 cm³/mol. The molecule has 0 unspecified atom stereocenters. The standard InChI is InChI=1S/C16H27N3O/c1-14-4-5-15(17-12-14)13-19-9-6-16(7-10-19)18(2)8-3-11-20/h4-5,12,16,20H,3,6-11,13H2,1-2H3. The summed E-state index contributed by atoms with van der Waals surface area (Å²) < 4.78 is 0. The van der Waals surface area contributed by atoms with Crippen molar-refractivity contribution in [1.29, 1.82) is 0 Å². The van der Waals surface area contributed by atoms with Crippen LogP contribution in [0.25, 0.3) is 0 Å². The lowest BCUT2D eigenvalue weighted by atomic mass is 10.0. The Kier molecular flexibility index (Phi) is 5.95. The van der Waals surface area contributed by atoms with Gasteiger partial charge in [-0.3, -0.25) is 9.88 Å². The van der Waals surface area contributed by atoms with Crippen LogP contribution < -0.4 is 0 Å². The number of likely N-dealkylation sites (tertiary alicyclic amines) is 1. The van der Waals surface area contributed by atoms with Gasteiger partial charge >= 0.3 is 0 Å². The summed E-state index contributed by atoms with van der Waals surface area (Å²) in [6.07, 6.45) is 5.26. The van der Waals surface area contributed by atoms with Gasteiger partial charge in [0.2, 0.25) is 0 Å². The van der Waals surface area contributed by atoms with Gasteiger partial charge in [0.15, 0.2) is 0 Å². The third-order valence-electron chi connectivity index (χ3n) is 4.21. The van der Waals surface area contributed by atoms with Crippen LogP contribution in [0.5, 0.6) is 0 Å². The van der Waals surface area contributed by atoms with Crippen molar-refractivity contribution in [3.05, 3.63) is 29.6 Å². The molecule has 0 aromatic carbocycles. The molecule has 112 valence electrons. The fraction of sp³-hybridized carbons (Fsp3) is 0.688. The summed E-state index contributed by atoms with van der Waals surface area (Å²) in [6.45, 7) is 6.62. The number of aliphatic hydroxyl groups is 1. The Labute approximate surface area is 122 Å². The lowest BCUT2D eigenvalue weighted by molar-refractivity contribution is 0.117. The lowest BCUT2D eigenvalue weighted by Gasteiger charge is -2.36. The molecule has 1 aromatic rings. The summed E-state index contributed by atoms with van der Waals surface area (Å²) in [5.41, 5.74) is 2.39. The van der Waals surface area contributed by atoms with Gasteiger partial charge in [-0.15, -0.1) is 0 Å². The molecule has 1 aliphatic rings. The molecule has 0 saturated carbocycles. The van der Waals surface area contributed by atoms with Crippen LogP contribution in [0.3, 0.4) is 0 Å². The average molecular weight is 277 g/mol. The van der Waals surface area contributed by atoms with Crippen molar-refractivity contribution < 1.29 is 5.11 Å². The van der Waals surface area contributed by atoms with E-state index < -0.39 is 0 Å². The molecule has 1 aromatic heterocycles. The maximum Gasteiger partial charge on any atom is 0.0544 e. The zero-order valence-corrected chi connectivity index (χ0v) is 12.8. The van der Waals surface area contributed by atoms with E-state index in [1.54, 1.807) is 0 Å². The van der Waals surface area contributed by atoms with Gasteiger partial charge in [0.25, 0.3) is 0 Å². The largest absolute Gasteiger partial charge is 0.396 e. The minimum atomic E-state index is 0.294. The molecule has 0 radical (unpaired) electrons. The number of aromatic nitrogens is 1. The van der Waals surface area contributed by atoms with E-state index in [-0.39, 0.29) is 0 Å². The highest BCUT2D eigenvalue weighted by atomic mass is 16.3. The Bertz CT molecular complexity index is 385. The topological polar surface area (TPSA) is 39.6 Å². The molecular formula is C16H27N3O. The maximum atomic E-state index is 8.90. The van der Waals surface area contributed by atoms with E-state index in [9.17, 15) is 0 Å². The van der Waals surface area contributed by atoms with Crippen molar-refractivity contribution in [3.8, 4) is 0 Å². The summed E-state index contributed by atoms with van der Waals surface area (Å²) in [7, 11) is 2.18. The number of nitrogens with zero attached hydrogens (tertiary/aromatic N) is 3. The van der Waals surface area contributed by atoms with Crippen molar-refractivity contribution >= 4 is 0 Å². The van der Waals surface area contributed by atoms with Crippen molar-refractivity contribution in [3.63, 3.8) is 0 Å². The smallest absolute Gasteiger partial charge is 0.0544 e. The maximum absolute atomic E-state index is 8.90. The number of hydrogen-bond donors (Lipinski definition) is 1. The third-order valence-corrected chi connectivity index (χ3v) is 4.21. The third kappa shape index (κ3) is 4.54. The second-order valence-corrected chi connectivity index (χ2v) is 5.89. The summed E-state index contributed by atoms with van der Waals surface area (Å²) in [6, 6.07) is 4.94. The van der Waals surface area contributed by atoms with Crippen LogP contribution in [-0.2, 0) is 6.54 Å². The SMILES string of the molecule is Cc1ccc(CN2CCC(N(C)CCCO)CC2)nc1. The molecule has 1 fully saturated rings. The molecule has 2 rings (SSSR count). The molecule has 1 aliphatic heterocycles. The first kappa shape index (κ1) is 15.4. The monoisotopic (exact) mass is 277 g/mol. The molecular weight excluding hydrogens is 250 g/mol. The number of rotatable bonds is 6.